The van der Waals surface area contributed by atoms with Gasteiger partial charge in [0.1, 0.15) is 17.3 Å². The summed E-state index contributed by atoms with van der Waals surface area (Å²) >= 11 is 6.00. The molecule has 5 nitrogen and oxygen atoms in total. The lowest BCUT2D eigenvalue weighted by molar-refractivity contribution is 0.401. The van der Waals surface area contributed by atoms with E-state index < -0.39 is 0 Å². The van der Waals surface area contributed by atoms with E-state index >= 15 is 0 Å². The monoisotopic (exact) mass is 253 g/mol. The molecule has 0 radical (unpaired) electrons. The van der Waals surface area contributed by atoms with Crippen LogP contribution in [0.25, 0.3) is 5.69 Å². The van der Waals surface area contributed by atoms with Crippen molar-refractivity contribution in [3.05, 3.63) is 29.3 Å². The van der Waals surface area contributed by atoms with Gasteiger partial charge >= 0.3 is 0 Å². The number of methoxy groups -OCH3 is 2. The van der Waals surface area contributed by atoms with Crippen LogP contribution in [0.2, 0.25) is 5.28 Å². The summed E-state index contributed by atoms with van der Waals surface area (Å²) in [5.74, 6) is 2.07. The molecule has 0 N–H and O–H groups in total. The summed E-state index contributed by atoms with van der Waals surface area (Å²) in [7, 11) is 3.20. The molecule has 0 unspecified atom stereocenters. The number of halogens is 1. The number of aromatic nitrogens is 3. The molecule has 90 valence electrons. The Kier molecular flexibility index (Phi) is 3.19. The van der Waals surface area contributed by atoms with Crippen LogP contribution in [0.15, 0.2) is 18.2 Å². The second kappa shape index (κ2) is 4.63. The number of nitrogens with zero attached hydrogens (tertiary/aromatic N) is 3. The first-order valence-corrected chi connectivity index (χ1v) is 5.35. The van der Waals surface area contributed by atoms with Gasteiger partial charge in [-0.2, -0.15) is 0 Å². The molecule has 0 fully saturated rings. The molecule has 1 heterocycles. The summed E-state index contributed by atoms with van der Waals surface area (Å²) < 4.78 is 12.2. The third-order valence-corrected chi connectivity index (χ3v) is 2.66. The lowest BCUT2D eigenvalue weighted by Crippen LogP contribution is -2.01. The van der Waals surface area contributed by atoms with Crippen molar-refractivity contribution in [2.24, 2.45) is 0 Å². The van der Waals surface area contributed by atoms with Gasteiger partial charge in [-0.05, 0) is 30.7 Å². The molecular weight excluding hydrogens is 242 g/mol. The van der Waals surface area contributed by atoms with E-state index in [0.717, 1.165) is 5.69 Å². The minimum atomic E-state index is 0.286. The maximum Gasteiger partial charge on any atom is 0.229 e. The van der Waals surface area contributed by atoms with E-state index in [1.807, 2.05) is 25.1 Å². The standard InChI is InChI=1S/C11H12ClN3O2/c1-7-13-14-11(12)15(7)9-6-8(16-2)4-5-10(9)17-3/h4-6H,1-3H3. The number of benzene rings is 1. The molecule has 0 aliphatic carbocycles. The third kappa shape index (κ3) is 2.06. The van der Waals surface area contributed by atoms with Crippen LogP contribution in [-0.2, 0) is 0 Å². The van der Waals surface area contributed by atoms with E-state index in [1.165, 1.54) is 0 Å². The first-order valence-electron chi connectivity index (χ1n) is 4.97. The van der Waals surface area contributed by atoms with Crippen LogP contribution in [-0.4, -0.2) is 29.0 Å². The Balaban J connectivity index is 2.64. The van der Waals surface area contributed by atoms with Gasteiger partial charge in [-0.3, -0.25) is 4.57 Å². The first kappa shape index (κ1) is 11.7. The molecule has 0 saturated heterocycles. The molecule has 0 aliphatic rings. The molecule has 17 heavy (non-hydrogen) atoms. The van der Waals surface area contributed by atoms with Gasteiger partial charge in [0.2, 0.25) is 5.28 Å². The van der Waals surface area contributed by atoms with Crippen molar-refractivity contribution in [3.63, 3.8) is 0 Å². The highest BCUT2D eigenvalue weighted by atomic mass is 35.5. The largest absolute Gasteiger partial charge is 0.497 e. The number of hydrogen-bond acceptors (Lipinski definition) is 4. The van der Waals surface area contributed by atoms with Gasteiger partial charge in [-0.15, -0.1) is 10.2 Å². The molecule has 0 aliphatic heterocycles. The van der Waals surface area contributed by atoms with Crippen molar-refractivity contribution in [2.75, 3.05) is 14.2 Å². The fraction of sp³-hybridized carbons (Fsp3) is 0.273. The Morgan fingerprint density at radius 2 is 1.94 bits per heavy atom. The molecule has 0 spiro atoms. The van der Waals surface area contributed by atoms with E-state index in [9.17, 15) is 0 Å². The van der Waals surface area contributed by atoms with Crippen LogP contribution >= 0.6 is 11.6 Å². The predicted molar refractivity (Wildman–Crippen MR) is 64.2 cm³/mol. The van der Waals surface area contributed by atoms with Crippen molar-refractivity contribution in [3.8, 4) is 17.2 Å². The highest BCUT2D eigenvalue weighted by Gasteiger charge is 2.14. The van der Waals surface area contributed by atoms with E-state index in [2.05, 4.69) is 10.2 Å². The molecular formula is C11H12ClN3O2. The lowest BCUT2D eigenvalue weighted by atomic mass is 10.2. The normalized spacial score (nSPS) is 10.4. The van der Waals surface area contributed by atoms with E-state index in [4.69, 9.17) is 21.1 Å². The number of ether oxygens (including phenoxy) is 2. The average molecular weight is 254 g/mol. The highest BCUT2D eigenvalue weighted by Crippen LogP contribution is 2.30. The fourth-order valence-corrected chi connectivity index (χ4v) is 1.83. The summed E-state index contributed by atoms with van der Waals surface area (Å²) in [5, 5.41) is 8.00. The topological polar surface area (TPSA) is 49.2 Å². The maximum atomic E-state index is 6.00. The van der Waals surface area contributed by atoms with Crippen molar-refractivity contribution >= 4 is 11.6 Å². The van der Waals surface area contributed by atoms with Crippen molar-refractivity contribution in [1.29, 1.82) is 0 Å². The second-order valence-electron chi connectivity index (χ2n) is 3.39. The van der Waals surface area contributed by atoms with Crippen LogP contribution in [0.1, 0.15) is 5.82 Å². The Bertz CT molecular complexity index is 520. The van der Waals surface area contributed by atoms with Gasteiger partial charge in [0.15, 0.2) is 0 Å². The highest BCUT2D eigenvalue weighted by molar-refractivity contribution is 6.28. The number of hydrogen-bond donors (Lipinski definition) is 0. The van der Waals surface area contributed by atoms with E-state index in [0.29, 0.717) is 17.3 Å². The molecule has 0 bridgehead atoms. The molecule has 2 aromatic rings. The minimum absolute atomic E-state index is 0.286. The van der Waals surface area contributed by atoms with Gasteiger partial charge in [0.05, 0.1) is 19.9 Å². The van der Waals surface area contributed by atoms with Gasteiger partial charge < -0.3 is 9.47 Å². The maximum absolute atomic E-state index is 6.00. The SMILES string of the molecule is COc1ccc(OC)c(-n2c(C)nnc2Cl)c1. The molecule has 2 rings (SSSR count). The lowest BCUT2D eigenvalue weighted by Gasteiger charge is -2.12. The summed E-state index contributed by atoms with van der Waals surface area (Å²) in [6.45, 7) is 1.82. The second-order valence-corrected chi connectivity index (χ2v) is 3.73. The van der Waals surface area contributed by atoms with E-state index in [1.54, 1.807) is 18.8 Å². The van der Waals surface area contributed by atoms with Gasteiger partial charge in [0, 0.05) is 6.07 Å². The fourth-order valence-electron chi connectivity index (χ4n) is 1.58. The Morgan fingerprint density at radius 3 is 2.47 bits per heavy atom. The van der Waals surface area contributed by atoms with Crippen molar-refractivity contribution in [2.45, 2.75) is 6.92 Å². The van der Waals surface area contributed by atoms with Crippen LogP contribution in [0.3, 0.4) is 0 Å². The van der Waals surface area contributed by atoms with Crippen LogP contribution in [0.4, 0.5) is 0 Å². The van der Waals surface area contributed by atoms with Crippen molar-refractivity contribution in [1.82, 2.24) is 14.8 Å². The van der Waals surface area contributed by atoms with Gasteiger partial charge in [-0.25, -0.2) is 0 Å². The zero-order chi connectivity index (χ0) is 12.4. The first-order chi connectivity index (χ1) is 8.17. The number of aryl methyl sites for hydroxylation is 1. The third-order valence-electron chi connectivity index (χ3n) is 2.41. The zero-order valence-corrected chi connectivity index (χ0v) is 10.5. The molecule has 0 saturated carbocycles. The molecule has 1 aromatic heterocycles. The number of rotatable bonds is 3. The van der Waals surface area contributed by atoms with Crippen LogP contribution in [0.5, 0.6) is 11.5 Å². The van der Waals surface area contributed by atoms with Crippen molar-refractivity contribution < 1.29 is 9.47 Å². The smallest absolute Gasteiger partial charge is 0.229 e. The molecule has 0 atom stereocenters. The zero-order valence-electron chi connectivity index (χ0n) is 9.77. The minimum Gasteiger partial charge on any atom is -0.497 e. The molecule has 1 aromatic carbocycles. The van der Waals surface area contributed by atoms with E-state index in [-0.39, 0.29) is 5.28 Å². The average Bonchev–Trinajstić information content (AvgIpc) is 2.68. The predicted octanol–water partition coefficient (Wildman–Crippen LogP) is 2.25. The summed E-state index contributed by atoms with van der Waals surface area (Å²) in [6, 6.07) is 5.45. The van der Waals surface area contributed by atoms with Crippen LogP contribution in [0, 0.1) is 6.92 Å². The quantitative estimate of drug-likeness (QED) is 0.842. The Morgan fingerprint density at radius 1 is 1.18 bits per heavy atom. The Hall–Kier alpha value is -1.75. The Labute approximate surface area is 104 Å². The van der Waals surface area contributed by atoms with Crippen LogP contribution < -0.4 is 9.47 Å². The molecule has 0 amide bonds. The summed E-state index contributed by atoms with van der Waals surface area (Å²) in [4.78, 5) is 0. The summed E-state index contributed by atoms with van der Waals surface area (Å²) in [6.07, 6.45) is 0. The summed E-state index contributed by atoms with van der Waals surface area (Å²) in [5.41, 5.74) is 0.749. The molecule has 6 heteroatoms. The van der Waals surface area contributed by atoms with Gasteiger partial charge in [-0.1, -0.05) is 0 Å². The van der Waals surface area contributed by atoms with Gasteiger partial charge in [0.25, 0.3) is 0 Å².